The Morgan fingerprint density at radius 1 is 1.14 bits per heavy atom. The standard InChI is InChI=1S/C17H32O5/c1-2-3-4-5-6-7-8-9-10-11-21-15(12-18)17-16(20)14(19)13-22-17/h3-4,14-20H,2,5-13H2,1H3/b4-3+/t14-,15+,16+,17+/m0/s1. The molecule has 5 heteroatoms. The normalized spacial score (nSPS) is 26.8. The van der Waals surface area contributed by atoms with Crippen molar-refractivity contribution in [3.63, 3.8) is 0 Å². The summed E-state index contributed by atoms with van der Waals surface area (Å²) in [5.41, 5.74) is 0. The molecule has 0 amide bonds. The lowest BCUT2D eigenvalue weighted by Gasteiger charge is -2.24. The maximum absolute atomic E-state index is 9.75. The van der Waals surface area contributed by atoms with Crippen LogP contribution >= 0.6 is 0 Å². The molecule has 0 aromatic heterocycles. The summed E-state index contributed by atoms with van der Waals surface area (Å²) in [7, 11) is 0. The second-order valence-electron chi connectivity index (χ2n) is 5.88. The third-order valence-corrected chi connectivity index (χ3v) is 3.99. The highest BCUT2D eigenvalue weighted by Gasteiger charge is 2.40. The van der Waals surface area contributed by atoms with Gasteiger partial charge in [0.15, 0.2) is 0 Å². The van der Waals surface area contributed by atoms with Gasteiger partial charge in [-0.1, -0.05) is 38.3 Å². The van der Waals surface area contributed by atoms with Crippen LogP contribution in [0.1, 0.15) is 51.9 Å². The molecule has 0 radical (unpaired) electrons. The van der Waals surface area contributed by atoms with Crippen LogP contribution in [0.3, 0.4) is 0 Å². The Labute approximate surface area is 133 Å². The number of allylic oxidation sites excluding steroid dienone is 2. The average Bonchev–Trinajstić information content (AvgIpc) is 2.85. The predicted octanol–water partition coefficient (Wildman–Crippen LogP) is 1.79. The largest absolute Gasteiger partial charge is 0.394 e. The molecule has 3 N–H and O–H groups in total. The fourth-order valence-corrected chi connectivity index (χ4v) is 2.62. The van der Waals surface area contributed by atoms with E-state index in [1.807, 2.05) is 0 Å². The van der Waals surface area contributed by atoms with Gasteiger partial charge in [0.25, 0.3) is 0 Å². The van der Waals surface area contributed by atoms with Gasteiger partial charge < -0.3 is 24.8 Å². The van der Waals surface area contributed by atoms with Gasteiger partial charge in [-0.25, -0.2) is 0 Å². The van der Waals surface area contributed by atoms with Gasteiger partial charge in [0.05, 0.1) is 13.2 Å². The van der Waals surface area contributed by atoms with Gasteiger partial charge in [-0.05, 0) is 25.7 Å². The van der Waals surface area contributed by atoms with Crippen LogP contribution in [0.15, 0.2) is 12.2 Å². The highest BCUT2D eigenvalue weighted by molar-refractivity contribution is 4.88. The molecule has 22 heavy (non-hydrogen) atoms. The van der Waals surface area contributed by atoms with Crippen molar-refractivity contribution in [1.29, 1.82) is 0 Å². The van der Waals surface area contributed by atoms with Crippen molar-refractivity contribution in [2.75, 3.05) is 19.8 Å². The van der Waals surface area contributed by atoms with E-state index >= 15 is 0 Å². The van der Waals surface area contributed by atoms with E-state index in [-0.39, 0.29) is 13.2 Å². The zero-order chi connectivity index (χ0) is 16.2. The van der Waals surface area contributed by atoms with Crippen LogP contribution in [-0.4, -0.2) is 59.6 Å². The lowest BCUT2D eigenvalue weighted by Crippen LogP contribution is -2.42. The second-order valence-corrected chi connectivity index (χ2v) is 5.88. The number of aliphatic hydroxyl groups is 3. The Kier molecular flexibility index (Phi) is 10.7. The van der Waals surface area contributed by atoms with E-state index in [0.717, 1.165) is 25.7 Å². The number of ether oxygens (including phenoxy) is 2. The van der Waals surface area contributed by atoms with Crippen molar-refractivity contribution in [2.45, 2.75) is 76.3 Å². The molecule has 0 bridgehead atoms. The first-order valence-electron chi connectivity index (χ1n) is 8.55. The fraction of sp³-hybridized carbons (Fsp3) is 0.882. The number of rotatable bonds is 12. The summed E-state index contributed by atoms with van der Waals surface area (Å²) in [5.74, 6) is 0. The minimum atomic E-state index is -0.978. The highest BCUT2D eigenvalue weighted by Crippen LogP contribution is 2.19. The second kappa shape index (κ2) is 12.0. The fourth-order valence-electron chi connectivity index (χ4n) is 2.62. The van der Waals surface area contributed by atoms with E-state index in [4.69, 9.17) is 9.47 Å². The summed E-state index contributed by atoms with van der Waals surface area (Å²) < 4.78 is 10.9. The van der Waals surface area contributed by atoms with Crippen molar-refractivity contribution in [2.24, 2.45) is 0 Å². The third kappa shape index (κ3) is 7.20. The molecular formula is C17H32O5. The molecule has 1 aliphatic heterocycles. The molecule has 1 rings (SSSR count). The molecule has 1 fully saturated rings. The topological polar surface area (TPSA) is 79.2 Å². The van der Waals surface area contributed by atoms with Gasteiger partial charge in [-0.3, -0.25) is 0 Å². The third-order valence-electron chi connectivity index (χ3n) is 3.99. The molecule has 0 saturated carbocycles. The van der Waals surface area contributed by atoms with Crippen molar-refractivity contribution in [3.05, 3.63) is 12.2 Å². The van der Waals surface area contributed by atoms with Gasteiger partial charge in [-0.2, -0.15) is 0 Å². The summed E-state index contributed by atoms with van der Waals surface area (Å²) in [6.07, 6.45) is 9.36. The van der Waals surface area contributed by atoms with Crippen LogP contribution in [-0.2, 0) is 9.47 Å². The molecule has 130 valence electrons. The minimum absolute atomic E-state index is 0.0954. The summed E-state index contributed by atoms with van der Waals surface area (Å²) >= 11 is 0. The van der Waals surface area contributed by atoms with E-state index in [9.17, 15) is 15.3 Å². The summed E-state index contributed by atoms with van der Waals surface area (Å²) in [5, 5.41) is 28.5. The van der Waals surface area contributed by atoms with Crippen molar-refractivity contribution in [3.8, 4) is 0 Å². The van der Waals surface area contributed by atoms with Crippen LogP contribution in [0.25, 0.3) is 0 Å². The predicted molar refractivity (Wildman–Crippen MR) is 85.7 cm³/mol. The molecule has 0 unspecified atom stereocenters. The van der Waals surface area contributed by atoms with E-state index < -0.39 is 24.4 Å². The van der Waals surface area contributed by atoms with Crippen molar-refractivity contribution >= 4 is 0 Å². The molecule has 0 aromatic rings. The number of unbranched alkanes of at least 4 members (excludes halogenated alkanes) is 5. The zero-order valence-electron chi connectivity index (χ0n) is 13.7. The molecule has 0 spiro atoms. The number of hydrogen-bond acceptors (Lipinski definition) is 5. The molecule has 4 atom stereocenters. The first-order valence-corrected chi connectivity index (χ1v) is 8.55. The molecule has 0 aromatic carbocycles. The monoisotopic (exact) mass is 316 g/mol. The highest BCUT2D eigenvalue weighted by atomic mass is 16.6. The Morgan fingerprint density at radius 3 is 2.50 bits per heavy atom. The molecule has 1 saturated heterocycles. The van der Waals surface area contributed by atoms with Gasteiger partial charge in [0.1, 0.15) is 24.4 Å². The number of hydrogen-bond donors (Lipinski definition) is 3. The first kappa shape index (κ1) is 19.6. The Bertz CT molecular complexity index is 295. The minimum Gasteiger partial charge on any atom is -0.394 e. The smallest absolute Gasteiger partial charge is 0.114 e. The quantitative estimate of drug-likeness (QED) is 0.378. The van der Waals surface area contributed by atoms with Crippen LogP contribution < -0.4 is 0 Å². The Hall–Kier alpha value is -0.460. The van der Waals surface area contributed by atoms with Crippen molar-refractivity contribution in [1.82, 2.24) is 0 Å². The first-order chi connectivity index (χ1) is 10.7. The van der Waals surface area contributed by atoms with E-state index in [0.29, 0.717) is 6.61 Å². The Balaban J connectivity index is 2.02. The van der Waals surface area contributed by atoms with E-state index in [1.165, 1.54) is 19.3 Å². The van der Waals surface area contributed by atoms with E-state index in [2.05, 4.69) is 19.1 Å². The number of aliphatic hydroxyl groups excluding tert-OH is 3. The maximum atomic E-state index is 9.75. The van der Waals surface area contributed by atoms with Crippen LogP contribution in [0.2, 0.25) is 0 Å². The summed E-state index contributed by atoms with van der Waals surface area (Å²) in [6, 6.07) is 0. The lowest BCUT2D eigenvalue weighted by atomic mass is 10.1. The molecular weight excluding hydrogens is 284 g/mol. The van der Waals surface area contributed by atoms with E-state index in [1.54, 1.807) is 0 Å². The van der Waals surface area contributed by atoms with Gasteiger partial charge in [0.2, 0.25) is 0 Å². The van der Waals surface area contributed by atoms with Crippen LogP contribution in [0.5, 0.6) is 0 Å². The average molecular weight is 316 g/mol. The van der Waals surface area contributed by atoms with Crippen molar-refractivity contribution < 1.29 is 24.8 Å². The Morgan fingerprint density at radius 2 is 1.86 bits per heavy atom. The van der Waals surface area contributed by atoms with Gasteiger partial charge in [-0.15, -0.1) is 0 Å². The van der Waals surface area contributed by atoms with Crippen LogP contribution in [0, 0.1) is 0 Å². The summed E-state index contributed by atoms with van der Waals surface area (Å²) in [4.78, 5) is 0. The molecule has 1 heterocycles. The maximum Gasteiger partial charge on any atom is 0.114 e. The molecule has 5 nitrogen and oxygen atoms in total. The molecule has 0 aliphatic carbocycles. The zero-order valence-corrected chi connectivity index (χ0v) is 13.7. The molecule has 1 aliphatic rings. The van der Waals surface area contributed by atoms with Crippen LogP contribution in [0.4, 0.5) is 0 Å². The SMILES string of the molecule is CC/C=C/CCCCCCCO[C@H](CO)[C@H]1OC[C@H](O)[C@H]1O. The van der Waals surface area contributed by atoms with Gasteiger partial charge in [0, 0.05) is 6.61 Å². The lowest BCUT2D eigenvalue weighted by molar-refractivity contribution is -0.101. The van der Waals surface area contributed by atoms with Gasteiger partial charge >= 0.3 is 0 Å². The summed E-state index contributed by atoms with van der Waals surface area (Å²) in [6.45, 7) is 2.58.